The maximum Gasteiger partial charge on any atom is 0.256 e. The molecule has 1 amide bonds. The third-order valence-electron chi connectivity index (χ3n) is 4.66. The van der Waals surface area contributed by atoms with Crippen LogP contribution in [0, 0.1) is 5.92 Å². The highest BCUT2D eigenvalue weighted by Crippen LogP contribution is 2.36. The van der Waals surface area contributed by atoms with E-state index in [0.29, 0.717) is 19.1 Å². The monoisotopic (exact) mass is 333 g/mol. The fourth-order valence-electron chi connectivity index (χ4n) is 3.06. The number of hydrogen-bond donors (Lipinski definition) is 1. The summed E-state index contributed by atoms with van der Waals surface area (Å²) in [6.45, 7) is 7.74. The van der Waals surface area contributed by atoms with Crippen molar-refractivity contribution in [1.29, 1.82) is 0 Å². The van der Waals surface area contributed by atoms with E-state index in [-0.39, 0.29) is 5.91 Å². The first kappa shape index (κ1) is 18.8. The van der Waals surface area contributed by atoms with Crippen LogP contribution in [0.4, 0.5) is 5.69 Å². The number of benzene rings is 1. The van der Waals surface area contributed by atoms with Crippen molar-refractivity contribution in [2.75, 3.05) is 18.5 Å². The van der Waals surface area contributed by atoms with Crippen molar-refractivity contribution in [3.8, 4) is 5.75 Å². The van der Waals surface area contributed by atoms with E-state index >= 15 is 0 Å². The summed E-state index contributed by atoms with van der Waals surface area (Å²) in [4.78, 5) is 12.9. The van der Waals surface area contributed by atoms with Gasteiger partial charge in [0.05, 0.1) is 6.61 Å². The molecule has 0 bridgehead atoms. The molecule has 0 atom stereocenters. The van der Waals surface area contributed by atoms with E-state index in [9.17, 15) is 4.79 Å². The Labute approximate surface area is 145 Å². The number of rotatable bonds is 8. The summed E-state index contributed by atoms with van der Waals surface area (Å²) in [6.07, 6.45) is 5.60. The number of carbonyl (C=O) groups is 1. The van der Waals surface area contributed by atoms with Gasteiger partial charge in [0.25, 0.3) is 5.91 Å². The molecular weight excluding hydrogens is 302 g/mol. The Bertz CT molecular complexity index is 499. The summed E-state index contributed by atoms with van der Waals surface area (Å²) in [5.41, 5.74) is 0.127. The molecule has 0 unspecified atom stereocenters. The van der Waals surface area contributed by atoms with E-state index in [2.05, 4.69) is 26.1 Å². The molecule has 24 heavy (non-hydrogen) atoms. The first-order valence-corrected chi connectivity index (χ1v) is 9.28. The topological polar surface area (TPSA) is 47.6 Å². The lowest BCUT2D eigenvalue weighted by Crippen LogP contribution is -2.48. The van der Waals surface area contributed by atoms with E-state index < -0.39 is 5.60 Å². The van der Waals surface area contributed by atoms with Gasteiger partial charge in [-0.2, -0.15) is 0 Å². The first-order chi connectivity index (χ1) is 11.6. The SMILES string of the molecule is CCCOc1ccc(NC(=O)C2(OCCC)CCC(C)CC2)cc1. The van der Waals surface area contributed by atoms with Crippen LogP contribution in [0.1, 0.15) is 59.3 Å². The van der Waals surface area contributed by atoms with Crippen molar-refractivity contribution in [1.82, 2.24) is 0 Å². The van der Waals surface area contributed by atoms with Crippen LogP contribution in [0.2, 0.25) is 0 Å². The van der Waals surface area contributed by atoms with Crippen LogP contribution in [0.3, 0.4) is 0 Å². The van der Waals surface area contributed by atoms with Crippen LogP contribution in [0.25, 0.3) is 0 Å². The molecule has 1 aromatic carbocycles. The zero-order valence-corrected chi connectivity index (χ0v) is 15.3. The molecule has 1 aliphatic rings. The lowest BCUT2D eigenvalue weighted by Gasteiger charge is -2.38. The lowest BCUT2D eigenvalue weighted by atomic mass is 9.78. The average Bonchev–Trinajstić information content (AvgIpc) is 2.61. The van der Waals surface area contributed by atoms with Gasteiger partial charge in [-0.1, -0.05) is 20.8 Å². The molecule has 1 aromatic rings. The van der Waals surface area contributed by atoms with E-state index in [0.717, 1.165) is 50.0 Å². The zero-order valence-electron chi connectivity index (χ0n) is 15.3. The minimum atomic E-state index is -0.667. The standard InChI is InChI=1S/C20H31NO3/c1-4-14-23-18-8-6-17(7-9-18)21-19(22)20(24-15-5-2)12-10-16(3)11-13-20/h6-9,16H,4-5,10-15H2,1-3H3,(H,21,22). The molecule has 2 rings (SSSR count). The summed E-state index contributed by atoms with van der Waals surface area (Å²) in [5.74, 6) is 1.49. The molecule has 0 heterocycles. The summed E-state index contributed by atoms with van der Waals surface area (Å²) in [5, 5.41) is 3.04. The molecule has 0 saturated heterocycles. The van der Waals surface area contributed by atoms with E-state index in [1.807, 2.05) is 24.3 Å². The van der Waals surface area contributed by atoms with Gasteiger partial charge in [-0.05, 0) is 68.7 Å². The van der Waals surface area contributed by atoms with Crippen molar-refractivity contribution in [3.63, 3.8) is 0 Å². The number of amides is 1. The fraction of sp³-hybridized carbons (Fsp3) is 0.650. The number of hydrogen-bond acceptors (Lipinski definition) is 3. The summed E-state index contributed by atoms with van der Waals surface area (Å²) in [6, 6.07) is 7.57. The third kappa shape index (κ3) is 4.97. The molecule has 134 valence electrons. The smallest absolute Gasteiger partial charge is 0.256 e. The average molecular weight is 333 g/mol. The van der Waals surface area contributed by atoms with Crippen LogP contribution < -0.4 is 10.1 Å². The molecule has 1 fully saturated rings. The second-order valence-corrected chi connectivity index (χ2v) is 6.85. The molecule has 1 N–H and O–H groups in total. The normalized spacial score (nSPS) is 23.7. The maximum atomic E-state index is 12.9. The minimum absolute atomic E-state index is 0.00919. The summed E-state index contributed by atoms with van der Waals surface area (Å²) in [7, 11) is 0. The van der Waals surface area contributed by atoms with Crippen molar-refractivity contribution >= 4 is 11.6 Å². The number of anilines is 1. The maximum absolute atomic E-state index is 12.9. The van der Waals surface area contributed by atoms with Gasteiger partial charge in [-0.3, -0.25) is 4.79 Å². The predicted octanol–water partition coefficient (Wildman–Crippen LogP) is 4.79. The fourth-order valence-corrected chi connectivity index (χ4v) is 3.06. The van der Waals surface area contributed by atoms with Gasteiger partial charge in [0, 0.05) is 12.3 Å². The Morgan fingerprint density at radius 1 is 1.12 bits per heavy atom. The second-order valence-electron chi connectivity index (χ2n) is 6.85. The molecule has 4 nitrogen and oxygen atoms in total. The molecule has 4 heteroatoms. The molecule has 0 radical (unpaired) electrons. The Kier molecular flexibility index (Phi) is 7.10. The van der Waals surface area contributed by atoms with Crippen LogP contribution in [0.5, 0.6) is 5.75 Å². The highest BCUT2D eigenvalue weighted by Gasteiger charge is 2.42. The highest BCUT2D eigenvalue weighted by atomic mass is 16.5. The minimum Gasteiger partial charge on any atom is -0.494 e. The van der Waals surface area contributed by atoms with E-state index in [1.165, 1.54) is 0 Å². The largest absolute Gasteiger partial charge is 0.494 e. The molecule has 0 spiro atoms. The third-order valence-corrected chi connectivity index (χ3v) is 4.66. The van der Waals surface area contributed by atoms with Gasteiger partial charge in [-0.25, -0.2) is 0 Å². The summed E-state index contributed by atoms with van der Waals surface area (Å²) < 4.78 is 11.6. The van der Waals surface area contributed by atoms with E-state index in [4.69, 9.17) is 9.47 Å². The molecule has 0 aliphatic heterocycles. The van der Waals surface area contributed by atoms with Gasteiger partial charge in [0.1, 0.15) is 11.4 Å². The van der Waals surface area contributed by atoms with E-state index in [1.54, 1.807) is 0 Å². The van der Waals surface area contributed by atoms with Gasteiger partial charge in [0.15, 0.2) is 0 Å². The van der Waals surface area contributed by atoms with Crippen molar-refractivity contribution in [3.05, 3.63) is 24.3 Å². The lowest BCUT2D eigenvalue weighted by molar-refractivity contribution is -0.147. The van der Waals surface area contributed by atoms with Gasteiger partial charge >= 0.3 is 0 Å². The highest BCUT2D eigenvalue weighted by molar-refractivity contribution is 5.97. The van der Waals surface area contributed by atoms with Crippen LogP contribution in [-0.4, -0.2) is 24.7 Å². The summed E-state index contributed by atoms with van der Waals surface area (Å²) >= 11 is 0. The van der Waals surface area contributed by atoms with Gasteiger partial charge in [-0.15, -0.1) is 0 Å². The van der Waals surface area contributed by atoms with Crippen molar-refractivity contribution < 1.29 is 14.3 Å². The number of carbonyl (C=O) groups excluding carboxylic acids is 1. The molecule has 1 saturated carbocycles. The van der Waals surface area contributed by atoms with Gasteiger partial charge in [0.2, 0.25) is 0 Å². The Morgan fingerprint density at radius 3 is 2.33 bits per heavy atom. The van der Waals surface area contributed by atoms with Crippen molar-refractivity contribution in [2.45, 2.75) is 64.9 Å². The zero-order chi connectivity index (χ0) is 17.4. The first-order valence-electron chi connectivity index (χ1n) is 9.28. The Balaban J connectivity index is 2.01. The van der Waals surface area contributed by atoms with Crippen LogP contribution in [0.15, 0.2) is 24.3 Å². The number of nitrogens with one attached hydrogen (secondary N) is 1. The quantitative estimate of drug-likeness (QED) is 0.744. The van der Waals surface area contributed by atoms with Gasteiger partial charge < -0.3 is 14.8 Å². The Hall–Kier alpha value is -1.55. The molecular formula is C20H31NO3. The number of ether oxygens (including phenoxy) is 2. The Morgan fingerprint density at radius 2 is 1.75 bits per heavy atom. The van der Waals surface area contributed by atoms with Crippen molar-refractivity contribution in [2.24, 2.45) is 5.92 Å². The van der Waals surface area contributed by atoms with Crippen LogP contribution >= 0.6 is 0 Å². The molecule has 1 aliphatic carbocycles. The molecule has 0 aromatic heterocycles. The van der Waals surface area contributed by atoms with Crippen LogP contribution in [-0.2, 0) is 9.53 Å². The predicted molar refractivity (Wildman–Crippen MR) is 97.5 cm³/mol. The second kappa shape index (κ2) is 9.07.